The van der Waals surface area contributed by atoms with Gasteiger partial charge in [-0.3, -0.25) is 14.4 Å². The summed E-state index contributed by atoms with van der Waals surface area (Å²) in [6.45, 7) is 2.67. The van der Waals surface area contributed by atoms with Crippen molar-refractivity contribution in [3.8, 4) is 0 Å². The third-order valence-corrected chi connectivity index (χ3v) is 4.89. The van der Waals surface area contributed by atoms with Crippen LogP contribution >= 0.6 is 0 Å². The summed E-state index contributed by atoms with van der Waals surface area (Å²) in [7, 11) is 0. The van der Waals surface area contributed by atoms with Crippen LogP contribution in [-0.2, 0) is 11.2 Å². The number of carbonyl (C=O) groups is 3. The maximum atomic E-state index is 12.7. The quantitative estimate of drug-likeness (QED) is 0.591. The van der Waals surface area contributed by atoms with E-state index in [9.17, 15) is 14.4 Å². The van der Waals surface area contributed by atoms with E-state index >= 15 is 0 Å². The van der Waals surface area contributed by atoms with Gasteiger partial charge in [-0.15, -0.1) is 0 Å². The lowest BCUT2D eigenvalue weighted by Gasteiger charge is -2.32. The SMILES string of the molecule is O=CN1CCN(C(=O)c2cccc(C(=O)NCCCc3ccccc3)c2)CC1. The van der Waals surface area contributed by atoms with Gasteiger partial charge in [0, 0.05) is 43.9 Å². The van der Waals surface area contributed by atoms with Gasteiger partial charge in [0.25, 0.3) is 11.8 Å². The second-order valence-corrected chi connectivity index (χ2v) is 6.86. The highest BCUT2D eigenvalue weighted by Crippen LogP contribution is 2.11. The monoisotopic (exact) mass is 379 g/mol. The number of hydrogen-bond donors (Lipinski definition) is 1. The highest BCUT2D eigenvalue weighted by Gasteiger charge is 2.21. The first-order valence-electron chi connectivity index (χ1n) is 9.58. The van der Waals surface area contributed by atoms with Crippen molar-refractivity contribution in [2.24, 2.45) is 0 Å². The number of rotatable bonds is 7. The van der Waals surface area contributed by atoms with Gasteiger partial charge in [-0.1, -0.05) is 36.4 Å². The molecule has 0 radical (unpaired) electrons. The fourth-order valence-corrected chi connectivity index (χ4v) is 3.25. The molecule has 1 fully saturated rings. The van der Waals surface area contributed by atoms with E-state index in [1.165, 1.54) is 5.56 Å². The summed E-state index contributed by atoms with van der Waals surface area (Å²) in [6, 6.07) is 17.0. The van der Waals surface area contributed by atoms with Crippen LogP contribution in [-0.4, -0.2) is 60.7 Å². The summed E-state index contributed by atoms with van der Waals surface area (Å²) >= 11 is 0. The molecule has 0 atom stereocenters. The Morgan fingerprint density at radius 1 is 0.929 bits per heavy atom. The normalized spacial score (nSPS) is 13.9. The number of benzene rings is 2. The zero-order chi connectivity index (χ0) is 19.8. The first kappa shape index (κ1) is 19.6. The van der Waals surface area contributed by atoms with Crippen molar-refractivity contribution in [2.75, 3.05) is 32.7 Å². The van der Waals surface area contributed by atoms with Crippen molar-refractivity contribution in [3.63, 3.8) is 0 Å². The number of amides is 3. The van der Waals surface area contributed by atoms with E-state index in [-0.39, 0.29) is 11.8 Å². The van der Waals surface area contributed by atoms with Crippen LogP contribution in [0.25, 0.3) is 0 Å². The van der Waals surface area contributed by atoms with E-state index in [0.29, 0.717) is 43.9 Å². The summed E-state index contributed by atoms with van der Waals surface area (Å²) in [5.74, 6) is -0.280. The standard InChI is InChI=1S/C22H25N3O3/c26-17-24-12-14-25(15-13-24)22(28)20-10-4-9-19(16-20)21(27)23-11-5-8-18-6-2-1-3-7-18/h1-4,6-7,9-10,16-17H,5,8,11-15H2,(H,23,27). The van der Waals surface area contributed by atoms with Crippen LogP contribution in [0.15, 0.2) is 54.6 Å². The van der Waals surface area contributed by atoms with Crippen LogP contribution in [0.1, 0.15) is 32.7 Å². The molecule has 0 aliphatic carbocycles. The van der Waals surface area contributed by atoms with Crippen molar-refractivity contribution in [2.45, 2.75) is 12.8 Å². The molecule has 1 aliphatic rings. The van der Waals surface area contributed by atoms with E-state index in [1.807, 2.05) is 18.2 Å². The first-order valence-corrected chi connectivity index (χ1v) is 9.58. The van der Waals surface area contributed by atoms with Crippen molar-refractivity contribution in [3.05, 3.63) is 71.3 Å². The number of aryl methyl sites for hydroxylation is 1. The molecule has 28 heavy (non-hydrogen) atoms. The Balaban J connectivity index is 1.51. The molecule has 0 aromatic heterocycles. The largest absolute Gasteiger partial charge is 0.352 e. The fraction of sp³-hybridized carbons (Fsp3) is 0.318. The molecule has 6 heteroatoms. The maximum Gasteiger partial charge on any atom is 0.253 e. The highest BCUT2D eigenvalue weighted by atomic mass is 16.2. The van der Waals surface area contributed by atoms with E-state index in [2.05, 4.69) is 17.4 Å². The van der Waals surface area contributed by atoms with E-state index < -0.39 is 0 Å². The number of nitrogens with one attached hydrogen (secondary N) is 1. The average Bonchev–Trinajstić information content (AvgIpc) is 2.77. The van der Waals surface area contributed by atoms with Gasteiger partial charge in [0.1, 0.15) is 0 Å². The average molecular weight is 379 g/mol. The molecule has 0 spiro atoms. The third kappa shape index (κ3) is 5.19. The molecule has 1 heterocycles. The van der Waals surface area contributed by atoms with Crippen molar-refractivity contribution in [1.29, 1.82) is 0 Å². The predicted octanol–water partition coefficient (Wildman–Crippen LogP) is 1.96. The molecule has 3 rings (SSSR count). The zero-order valence-electron chi connectivity index (χ0n) is 15.8. The van der Waals surface area contributed by atoms with Crippen LogP contribution in [0.3, 0.4) is 0 Å². The molecule has 0 unspecified atom stereocenters. The fourth-order valence-electron chi connectivity index (χ4n) is 3.25. The highest BCUT2D eigenvalue weighted by molar-refractivity contribution is 5.99. The predicted molar refractivity (Wildman–Crippen MR) is 107 cm³/mol. The van der Waals surface area contributed by atoms with Crippen LogP contribution in [0.4, 0.5) is 0 Å². The molecule has 6 nitrogen and oxygen atoms in total. The molecule has 2 aromatic carbocycles. The molecular formula is C22H25N3O3. The first-order chi connectivity index (χ1) is 13.7. The van der Waals surface area contributed by atoms with Crippen LogP contribution in [0.2, 0.25) is 0 Å². The number of carbonyl (C=O) groups excluding carboxylic acids is 3. The molecule has 1 aliphatic heterocycles. The minimum atomic E-state index is -0.173. The Kier molecular flexibility index (Phi) is 6.78. The molecule has 2 aromatic rings. The van der Waals surface area contributed by atoms with Crippen molar-refractivity contribution < 1.29 is 14.4 Å². The van der Waals surface area contributed by atoms with Crippen LogP contribution < -0.4 is 5.32 Å². The van der Waals surface area contributed by atoms with E-state index in [1.54, 1.807) is 34.1 Å². The summed E-state index contributed by atoms with van der Waals surface area (Å²) in [5.41, 5.74) is 2.23. The lowest BCUT2D eigenvalue weighted by atomic mass is 10.1. The molecule has 0 bridgehead atoms. The van der Waals surface area contributed by atoms with Gasteiger partial charge in [-0.05, 0) is 36.6 Å². The summed E-state index contributed by atoms with van der Waals surface area (Å²) in [5, 5.41) is 2.92. The van der Waals surface area contributed by atoms with Crippen LogP contribution in [0, 0.1) is 0 Å². The smallest absolute Gasteiger partial charge is 0.253 e. The Bertz CT molecular complexity index is 815. The Morgan fingerprint density at radius 3 is 2.36 bits per heavy atom. The Labute approximate surface area is 165 Å². The van der Waals surface area contributed by atoms with E-state index in [0.717, 1.165) is 19.3 Å². The van der Waals surface area contributed by atoms with Gasteiger partial charge in [0.2, 0.25) is 6.41 Å². The van der Waals surface area contributed by atoms with Gasteiger partial charge in [-0.2, -0.15) is 0 Å². The number of hydrogen-bond acceptors (Lipinski definition) is 3. The molecule has 146 valence electrons. The molecule has 3 amide bonds. The van der Waals surface area contributed by atoms with Gasteiger partial charge in [0.15, 0.2) is 0 Å². The lowest BCUT2D eigenvalue weighted by Crippen LogP contribution is -2.48. The second kappa shape index (κ2) is 9.69. The van der Waals surface area contributed by atoms with E-state index in [4.69, 9.17) is 0 Å². The minimum Gasteiger partial charge on any atom is -0.352 e. The van der Waals surface area contributed by atoms with Crippen molar-refractivity contribution >= 4 is 18.2 Å². The van der Waals surface area contributed by atoms with Gasteiger partial charge in [0.05, 0.1) is 0 Å². The van der Waals surface area contributed by atoms with Gasteiger partial charge < -0.3 is 15.1 Å². The topological polar surface area (TPSA) is 69.7 Å². The summed E-state index contributed by atoms with van der Waals surface area (Å²) < 4.78 is 0. The molecule has 1 saturated heterocycles. The molecule has 0 saturated carbocycles. The number of nitrogens with zero attached hydrogens (tertiary/aromatic N) is 2. The minimum absolute atomic E-state index is 0.107. The molecular weight excluding hydrogens is 354 g/mol. The summed E-state index contributed by atoms with van der Waals surface area (Å²) in [4.78, 5) is 39.2. The molecule has 1 N–H and O–H groups in total. The third-order valence-electron chi connectivity index (χ3n) is 4.89. The number of piperazine rings is 1. The zero-order valence-corrected chi connectivity index (χ0v) is 15.8. The Morgan fingerprint density at radius 2 is 1.64 bits per heavy atom. The second-order valence-electron chi connectivity index (χ2n) is 6.86. The maximum absolute atomic E-state index is 12.7. The Hall–Kier alpha value is -3.15. The summed E-state index contributed by atoms with van der Waals surface area (Å²) in [6.07, 6.45) is 2.58. The van der Waals surface area contributed by atoms with Gasteiger partial charge in [-0.25, -0.2) is 0 Å². The van der Waals surface area contributed by atoms with Crippen molar-refractivity contribution in [1.82, 2.24) is 15.1 Å². The lowest BCUT2D eigenvalue weighted by molar-refractivity contribution is -0.119. The van der Waals surface area contributed by atoms with Gasteiger partial charge >= 0.3 is 0 Å². The van der Waals surface area contributed by atoms with Crippen LogP contribution in [0.5, 0.6) is 0 Å².